The largest absolute Gasteiger partial charge is 0.494 e. The molecule has 1 aromatic heterocycles. The van der Waals surface area contributed by atoms with Crippen LogP contribution in [0.4, 0.5) is 0 Å². The van der Waals surface area contributed by atoms with E-state index in [1.165, 1.54) is 55.9 Å². The number of para-hydroxylation sites is 1. The second-order valence-electron chi connectivity index (χ2n) is 7.11. The quantitative estimate of drug-likeness (QED) is 0.440. The Kier molecular flexibility index (Phi) is 7.51. The highest BCUT2D eigenvalue weighted by atomic mass is 16.5. The minimum Gasteiger partial charge on any atom is -0.494 e. The van der Waals surface area contributed by atoms with Crippen molar-refractivity contribution in [1.82, 2.24) is 4.98 Å². The Hall–Kier alpha value is -1.87. The molecule has 0 fully saturated rings. The molecule has 0 radical (unpaired) electrons. The summed E-state index contributed by atoms with van der Waals surface area (Å²) >= 11 is 0. The summed E-state index contributed by atoms with van der Waals surface area (Å²) in [5, 5.41) is 1.21. The van der Waals surface area contributed by atoms with Crippen molar-refractivity contribution in [2.24, 2.45) is 0 Å². The van der Waals surface area contributed by atoms with Crippen LogP contribution in [0.3, 0.4) is 0 Å². The molecule has 0 saturated carbocycles. The van der Waals surface area contributed by atoms with Gasteiger partial charge in [-0.3, -0.25) is 4.98 Å². The van der Waals surface area contributed by atoms with Gasteiger partial charge in [0.1, 0.15) is 11.3 Å². The van der Waals surface area contributed by atoms with Gasteiger partial charge in [-0.15, -0.1) is 0 Å². The number of ether oxygens (including phenoxy) is 2. The number of fused-ring (bicyclic) bond motifs is 1. The molecule has 0 spiro atoms. The first-order valence-corrected chi connectivity index (χ1v) is 10.1. The Bertz CT molecular complexity index is 710. The lowest BCUT2D eigenvalue weighted by Gasteiger charge is -2.18. The van der Waals surface area contributed by atoms with Crippen molar-refractivity contribution >= 4 is 10.9 Å². The van der Waals surface area contributed by atoms with Crippen molar-refractivity contribution in [3.8, 4) is 5.75 Å². The minimum atomic E-state index is 0.469. The fourth-order valence-corrected chi connectivity index (χ4v) is 3.73. The van der Waals surface area contributed by atoms with E-state index in [2.05, 4.69) is 29.3 Å². The molecule has 0 aliphatic heterocycles. The average Bonchev–Trinajstić information content (AvgIpc) is 2.65. The Morgan fingerprint density at radius 3 is 2.88 bits per heavy atom. The van der Waals surface area contributed by atoms with Gasteiger partial charge in [-0.05, 0) is 69.1 Å². The first kappa shape index (κ1) is 18.9. The summed E-state index contributed by atoms with van der Waals surface area (Å²) in [7, 11) is 1.70. The highest BCUT2D eigenvalue weighted by Crippen LogP contribution is 2.26. The van der Waals surface area contributed by atoms with Gasteiger partial charge in [0, 0.05) is 18.2 Å². The number of rotatable bonds is 8. The van der Waals surface area contributed by atoms with E-state index in [0.717, 1.165) is 30.7 Å². The van der Waals surface area contributed by atoms with E-state index in [-0.39, 0.29) is 0 Å². The number of methoxy groups -OCH3 is 1. The van der Waals surface area contributed by atoms with Crippen LogP contribution >= 0.6 is 0 Å². The summed E-state index contributed by atoms with van der Waals surface area (Å²) in [6.07, 6.45) is 17.7. The first-order chi connectivity index (χ1) is 12.9. The number of nitrogens with zero attached hydrogens (tertiary/aromatic N) is 1. The minimum absolute atomic E-state index is 0.469. The number of hydrogen-bond donors (Lipinski definition) is 0. The number of unbranched alkanes of at least 4 members (excludes halogenated alkanes) is 2. The molecule has 1 heterocycles. The van der Waals surface area contributed by atoms with Gasteiger partial charge in [0.15, 0.2) is 0 Å². The van der Waals surface area contributed by atoms with Crippen molar-refractivity contribution in [1.29, 1.82) is 0 Å². The maximum Gasteiger partial charge on any atom is 0.145 e. The van der Waals surface area contributed by atoms with Crippen LogP contribution in [0.5, 0.6) is 5.75 Å². The van der Waals surface area contributed by atoms with Gasteiger partial charge in [-0.25, -0.2) is 0 Å². The number of benzene rings is 1. The lowest BCUT2D eigenvalue weighted by atomic mass is 10.0. The Morgan fingerprint density at radius 2 is 1.96 bits per heavy atom. The van der Waals surface area contributed by atoms with Gasteiger partial charge in [0.05, 0.1) is 13.2 Å². The zero-order valence-electron chi connectivity index (χ0n) is 16.0. The van der Waals surface area contributed by atoms with E-state index in [1.807, 2.05) is 18.3 Å². The smallest absolute Gasteiger partial charge is 0.145 e. The average molecular weight is 354 g/mol. The third kappa shape index (κ3) is 5.31. The molecule has 1 unspecified atom stereocenters. The number of pyridine rings is 1. The lowest BCUT2D eigenvalue weighted by molar-refractivity contribution is 0.0381. The van der Waals surface area contributed by atoms with Crippen LogP contribution in [-0.2, 0) is 11.2 Å². The topological polar surface area (TPSA) is 31.4 Å². The number of aryl methyl sites for hydroxylation is 1. The van der Waals surface area contributed by atoms with Crippen LogP contribution in [0.1, 0.15) is 56.9 Å². The predicted octanol–water partition coefficient (Wildman–Crippen LogP) is 5.86. The van der Waals surface area contributed by atoms with Crippen molar-refractivity contribution in [2.45, 2.75) is 63.9 Å². The molecule has 26 heavy (non-hydrogen) atoms. The van der Waals surface area contributed by atoms with Crippen LogP contribution < -0.4 is 4.74 Å². The van der Waals surface area contributed by atoms with E-state index >= 15 is 0 Å². The molecule has 0 N–H and O–H groups in total. The third-order valence-electron chi connectivity index (χ3n) is 5.21. The van der Waals surface area contributed by atoms with Crippen LogP contribution in [0.15, 0.2) is 42.6 Å². The van der Waals surface area contributed by atoms with E-state index in [1.54, 1.807) is 7.11 Å². The molecule has 1 aliphatic rings. The molecular formula is C23H31NO2. The Morgan fingerprint density at radius 1 is 1.04 bits per heavy atom. The number of aromatic nitrogens is 1. The van der Waals surface area contributed by atoms with E-state index in [9.17, 15) is 0 Å². The number of hydrogen-bond acceptors (Lipinski definition) is 3. The fourth-order valence-electron chi connectivity index (χ4n) is 3.73. The second kappa shape index (κ2) is 10.3. The van der Waals surface area contributed by atoms with Crippen LogP contribution in [-0.4, -0.2) is 24.8 Å². The molecule has 2 aromatic rings. The summed E-state index contributed by atoms with van der Waals surface area (Å²) in [6.45, 7) is 0.902. The Balaban J connectivity index is 1.41. The van der Waals surface area contributed by atoms with E-state index < -0.39 is 0 Å². The molecule has 3 nitrogen and oxygen atoms in total. The normalized spacial score (nSPS) is 19.0. The fraction of sp³-hybridized carbons (Fsp3) is 0.522. The molecule has 1 aromatic carbocycles. The molecule has 0 saturated heterocycles. The molecule has 3 rings (SSSR count). The maximum absolute atomic E-state index is 6.11. The van der Waals surface area contributed by atoms with Crippen LogP contribution in [0.25, 0.3) is 10.9 Å². The zero-order chi connectivity index (χ0) is 18.0. The highest BCUT2D eigenvalue weighted by Gasteiger charge is 2.09. The lowest BCUT2D eigenvalue weighted by Crippen LogP contribution is -2.14. The van der Waals surface area contributed by atoms with Gasteiger partial charge in [-0.1, -0.05) is 30.7 Å². The van der Waals surface area contributed by atoms with Gasteiger partial charge < -0.3 is 9.47 Å². The molecular weight excluding hydrogens is 322 g/mol. The van der Waals surface area contributed by atoms with Crippen molar-refractivity contribution in [2.75, 3.05) is 13.7 Å². The molecule has 0 amide bonds. The molecule has 1 atom stereocenters. The van der Waals surface area contributed by atoms with Crippen molar-refractivity contribution in [3.05, 3.63) is 48.2 Å². The van der Waals surface area contributed by atoms with Gasteiger partial charge >= 0.3 is 0 Å². The van der Waals surface area contributed by atoms with Crippen LogP contribution in [0, 0.1) is 0 Å². The van der Waals surface area contributed by atoms with E-state index in [0.29, 0.717) is 6.10 Å². The van der Waals surface area contributed by atoms with Gasteiger partial charge in [0.25, 0.3) is 0 Å². The SMILES string of the molecule is COc1cccc2c(CCCCCOC3CC/C=C\CCC3)ccnc12. The van der Waals surface area contributed by atoms with Crippen LogP contribution in [0.2, 0.25) is 0 Å². The summed E-state index contributed by atoms with van der Waals surface area (Å²) in [6, 6.07) is 8.30. The molecule has 1 aliphatic carbocycles. The van der Waals surface area contributed by atoms with Crippen molar-refractivity contribution in [3.63, 3.8) is 0 Å². The molecule has 3 heteroatoms. The summed E-state index contributed by atoms with van der Waals surface area (Å²) in [5.41, 5.74) is 2.33. The van der Waals surface area contributed by atoms with Gasteiger partial charge in [-0.2, -0.15) is 0 Å². The van der Waals surface area contributed by atoms with E-state index in [4.69, 9.17) is 9.47 Å². The van der Waals surface area contributed by atoms with Gasteiger partial charge in [0.2, 0.25) is 0 Å². The third-order valence-corrected chi connectivity index (χ3v) is 5.21. The molecule has 0 bridgehead atoms. The standard InChI is InChI=1S/C23H31NO2/c1-25-22-15-10-14-21-19(16-17-24-23(21)22)11-6-5-9-18-26-20-12-7-3-2-4-8-13-20/h2-3,10,14-17,20H,4-9,11-13,18H2,1H3/b3-2-. The maximum atomic E-state index is 6.11. The second-order valence-corrected chi connectivity index (χ2v) is 7.11. The summed E-state index contributed by atoms with van der Waals surface area (Å²) in [4.78, 5) is 4.49. The summed E-state index contributed by atoms with van der Waals surface area (Å²) < 4.78 is 11.5. The summed E-state index contributed by atoms with van der Waals surface area (Å²) in [5.74, 6) is 0.854. The highest BCUT2D eigenvalue weighted by molar-refractivity contribution is 5.87. The first-order valence-electron chi connectivity index (χ1n) is 10.1. The monoisotopic (exact) mass is 353 g/mol. The Labute approximate surface area is 157 Å². The molecule has 140 valence electrons. The predicted molar refractivity (Wildman–Crippen MR) is 108 cm³/mol. The number of allylic oxidation sites excluding steroid dienone is 2. The zero-order valence-corrected chi connectivity index (χ0v) is 16.0. The van der Waals surface area contributed by atoms with Crippen molar-refractivity contribution < 1.29 is 9.47 Å².